The van der Waals surface area contributed by atoms with E-state index in [0.717, 1.165) is 19.6 Å². The highest BCUT2D eigenvalue weighted by Gasteiger charge is 2.09. The molecule has 0 aliphatic carbocycles. The standard InChI is InChI=1S/C12H18BrN.BrH/c1-3-14(4-2)10-12(13)11-8-6-5-7-9-11;/h5-9,12H,3-4,10H2,1-2H3;1H. The monoisotopic (exact) mass is 335 g/mol. The Morgan fingerprint density at radius 3 is 2.13 bits per heavy atom. The molecule has 0 saturated heterocycles. The van der Waals surface area contributed by atoms with Crippen LogP contribution in [-0.4, -0.2) is 24.5 Å². The van der Waals surface area contributed by atoms with Crippen molar-refractivity contribution in [1.29, 1.82) is 0 Å². The van der Waals surface area contributed by atoms with Gasteiger partial charge in [0.25, 0.3) is 0 Å². The molecule has 0 N–H and O–H groups in total. The molecule has 1 aromatic carbocycles. The number of nitrogens with zero attached hydrogens (tertiary/aromatic N) is 1. The van der Waals surface area contributed by atoms with Gasteiger partial charge >= 0.3 is 0 Å². The molecular formula is C12H19Br2N. The van der Waals surface area contributed by atoms with Crippen LogP contribution in [0.2, 0.25) is 0 Å². The summed E-state index contributed by atoms with van der Waals surface area (Å²) in [5.41, 5.74) is 1.36. The highest BCUT2D eigenvalue weighted by Crippen LogP contribution is 2.23. The fraction of sp³-hybridized carbons (Fsp3) is 0.500. The summed E-state index contributed by atoms with van der Waals surface area (Å²) in [7, 11) is 0. The van der Waals surface area contributed by atoms with Crippen molar-refractivity contribution in [2.45, 2.75) is 18.7 Å². The third-order valence-electron chi connectivity index (χ3n) is 2.47. The van der Waals surface area contributed by atoms with Gasteiger partial charge in [-0.25, -0.2) is 0 Å². The van der Waals surface area contributed by atoms with Gasteiger partial charge in [-0.2, -0.15) is 0 Å². The van der Waals surface area contributed by atoms with E-state index in [1.54, 1.807) is 0 Å². The molecule has 3 heteroatoms. The quantitative estimate of drug-likeness (QED) is 0.733. The van der Waals surface area contributed by atoms with E-state index in [1.165, 1.54) is 5.56 Å². The second-order valence-corrected chi connectivity index (χ2v) is 4.47. The predicted molar refractivity (Wildman–Crippen MR) is 76.2 cm³/mol. The lowest BCUT2D eigenvalue weighted by Gasteiger charge is -2.21. The number of alkyl halides is 1. The van der Waals surface area contributed by atoms with E-state index in [9.17, 15) is 0 Å². The summed E-state index contributed by atoms with van der Waals surface area (Å²) in [5.74, 6) is 0. The zero-order valence-electron chi connectivity index (χ0n) is 9.32. The molecule has 0 aliphatic rings. The number of halogens is 2. The van der Waals surface area contributed by atoms with Crippen LogP contribution in [0.3, 0.4) is 0 Å². The number of rotatable bonds is 5. The van der Waals surface area contributed by atoms with Crippen molar-refractivity contribution >= 4 is 32.9 Å². The van der Waals surface area contributed by atoms with E-state index in [4.69, 9.17) is 0 Å². The van der Waals surface area contributed by atoms with Gasteiger partial charge in [0.05, 0.1) is 4.83 Å². The van der Waals surface area contributed by atoms with Crippen LogP contribution in [0.5, 0.6) is 0 Å². The Kier molecular flexibility index (Phi) is 8.39. The molecule has 0 saturated carbocycles. The lowest BCUT2D eigenvalue weighted by atomic mass is 10.1. The molecule has 1 unspecified atom stereocenters. The van der Waals surface area contributed by atoms with E-state index in [-0.39, 0.29) is 17.0 Å². The Morgan fingerprint density at radius 1 is 1.13 bits per heavy atom. The van der Waals surface area contributed by atoms with Crippen molar-refractivity contribution in [2.24, 2.45) is 0 Å². The molecule has 1 nitrogen and oxygen atoms in total. The Balaban J connectivity index is 0.00000196. The molecule has 1 aromatic rings. The molecule has 86 valence electrons. The smallest absolute Gasteiger partial charge is 0.0522 e. The van der Waals surface area contributed by atoms with Crippen molar-refractivity contribution in [1.82, 2.24) is 4.90 Å². The minimum atomic E-state index is 0. The summed E-state index contributed by atoms with van der Waals surface area (Å²) in [6, 6.07) is 10.6. The van der Waals surface area contributed by atoms with Gasteiger partial charge in [0.15, 0.2) is 0 Å². The van der Waals surface area contributed by atoms with Crippen LogP contribution in [-0.2, 0) is 0 Å². The molecule has 1 rings (SSSR count). The summed E-state index contributed by atoms with van der Waals surface area (Å²) in [6.45, 7) is 7.72. The maximum atomic E-state index is 3.73. The van der Waals surface area contributed by atoms with Crippen LogP contribution in [0.15, 0.2) is 30.3 Å². The summed E-state index contributed by atoms with van der Waals surface area (Å²) >= 11 is 3.73. The number of hydrogen-bond acceptors (Lipinski definition) is 1. The van der Waals surface area contributed by atoms with Crippen LogP contribution >= 0.6 is 32.9 Å². The minimum Gasteiger partial charge on any atom is -0.302 e. The molecule has 0 bridgehead atoms. The third kappa shape index (κ3) is 5.14. The first-order chi connectivity index (χ1) is 6.77. The average Bonchev–Trinajstić information content (AvgIpc) is 2.26. The largest absolute Gasteiger partial charge is 0.302 e. The first-order valence-corrected chi connectivity index (χ1v) is 6.10. The lowest BCUT2D eigenvalue weighted by molar-refractivity contribution is 0.307. The normalized spacial score (nSPS) is 12.3. The molecule has 0 heterocycles. The van der Waals surface area contributed by atoms with Gasteiger partial charge in [-0.15, -0.1) is 17.0 Å². The Hall–Kier alpha value is 0.140. The number of hydrogen-bond donors (Lipinski definition) is 0. The first kappa shape index (κ1) is 15.1. The fourth-order valence-corrected chi connectivity index (χ4v) is 2.19. The van der Waals surface area contributed by atoms with Gasteiger partial charge in [0.2, 0.25) is 0 Å². The van der Waals surface area contributed by atoms with Crippen LogP contribution in [0, 0.1) is 0 Å². The van der Waals surface area contributed by atoms with Gasteiger partial charge in [-0.05, 0) is 18.7 Å². The van der Waals surface area contributed by atoms with Crippen LogP contribution in [0.4, 0.5) is 0 Å². The summed E-state index contributed by atoms with van der Waals surface area (Å²) in [5, 5.41) is 0. The molecular weight excluding hydrogens is 318 g/mol. The van der Waals surface area contributed by atoms with Crippen molar-refractivity contribution in [3.05, 3.63) is 35.9 Å². The van der Waals surface area contributed by atoms with E-state index in [2.05, 4.69) is 65.0 Å². The molecule has 0 spiro atoms. The maximum absolute atomic E-state index is 3.73. The van der Waals surface area contributed by atoms with Gasteiger partial charge in [-0.1, -0.05) is 60.1 Å². The predicted octanol–water partition coefficient (Wildman–Crippen LogP) is 4.04. The van der Waals surface area contributed by atoms with Gasteiger partial charge in [-0.3, -0.25) is 0 Å². The molecule has 0 amide bonds. The number of likely N-dealkylation sites (N-methyl/N-ethyl adjacent to an activating group) is 1. The molecule has 0 aliphatic heterocycles. The van der Waals surface area contributed by atoms with Gasteiger partial charge < -0.3 is 4.90 Å². The van der Waals surface area contributed by atoms with Crippen molar-refractivity contribution in [3.8, 4) is 0 Å². The molecule has 15 heavy (non-hydrogen) atoms. The summed E-state index contributed by atoms with van der Waals surface area (Å²) < 4.78 is 0. The number of benzene rings is 1. The van der Waals surface area contributed by atoms with E-state index in [1.807, 2.05) is 0 Å². The Labute approximate surface area is 112 Å². The first-order valence-electron chi connectivity index (χ1n) is 5.19. The summed E-state index contributed by atoms with van der Waals surface area (Å²) in [6.07, 6.45) is 0. The topological polar surface area (TPSA) is 3.24 Å². The van der Waals surface area contributed by atoms with Crippen molar-refractivity contribution < 1.29 is 0 Å². The van der Waals surface area contributed by atoms with E-state index < -0.39 is 0 Å². The van der Waals surface area contributed by atoms with E-state index >= 15 is 0 Å². The zero-order valence-corrected chi connectivity index (χ0v) is 12.6. The third-order valence-corrected chi connectivity index (χ3v) is 3.29. The minimum absolute atomic E-state index is 0. The summed E-state index contributed by atoms with van der Waals surface area (Å²) in [4.78, 5) is 2.87. The van der Waals surface area contributed by atoms with Crippen LogP contribution in [0.25, 0.3) is 0 Å². The lowest BCUT2D eigenvalue weighted by Crippen LogP contribution is -2.26. The highest BCUT2D eigenvalue weighted by molar-refractivity contribution is 9.09. The molecule has 0 fully saturated rings. The Bertz CT molecular complexity index is 247. The highest BCUT2D eigenvalue weighted by atomic mass is 79.9. The van der Waals surface area contributed by atoms with Crippen molar-refractivity contribution in [3.63, 3.8) is 0 Å². The van der Waals surface area contributed by atoms with Crippen LogP contribution < -0.4 is 0 Å². The second kappa shape index (κ2) is 8.31. The second-order valence-electron chi connectivity index (χ2n) is 3.36. The molecule has 0 aromatic heterocycles. The fourth-order valence-electron chi connectivity index (χ4n) is 1.48. The van der Waals surface area contributed by atoms with Crippen LogP contribution in [0.1, 0.15) is 24.2 Å². The van der Waals surface area contributed by atoms with Gasteiger partial charge in [0, 0.05) is 6.54 Å². The van der Waals surface area contributed by atoms with E-state index in [0.29, 0.717) is 4.83 Å². The average molecular weight is 337 g/mol. The molecule has 1 atom stereocenters. The maximum Gasteiger partial charge on any atom is 0.0522 e. The Morgan fingerprint density at radius 2 is 1.67 bits per heavy atom. The zero-order chi connectivity index (χ0) is 10.4. The SMILES string of the molecule is Br.CCN(CC)CC(Br)c1ccccc1. The molecule has 0 radical (unpaired) electrons. The van der Waals surface area contributed by atoms with Gasteiger partial charge in [0.1, 0.15) is 0 Å². The van der Waals surface area contributed by atoms with Crippen molar-refractivity contribution in [2.75, 3.05) is 19.6 Å².